The molecule has 0 unspecified atom stereocenters. The highest BCUT2D eigenvalue weighted by Gasteiger charge is 2.14. The molecule has 0 bridgehead atoms. The molecule has 0 saturated carbocycles. The predicted octanol–water partition coefficient (Wildman–Crippen LogP) is 0.405. The second-order valence-electron chi connectivity index (χ2n) is 5.20. The smallest absolute Gasteiger partial charge is 0.240 e. The molecule has 0 aromatic heterocycles. The lowest BCUT2D eigenvalue weighted by Crippen LogP contribution is -2.37. The first-order valence-electron chi connectivity index (χ1n) is 7.49. The monoisotopic (exact) mass is 338 g/mol. The SMILES string of the molecule is O=S(=O)(NCCN(CCO)CCO)c1ccc2ccccc2c1. The van der Waals surface area contributed by atoms with Gasteiger partial charge in [-0.05, 0) is 22.9 Å². The third kappa shape index (κ3) is 4.98. The fraction of sp³-hybridized carbons (Fsp3) is 0.375. The number of aliphatic hydroxyl groups excluding tert-OH is 2. The Kier molecular flexibility index (Phi) is 6.49. The van der Waals surface area contributed by atoms with Crippen LogP contribution in [0.1, 0.15) is 0 Å². The minimum atomic E-state index is -3.58. The Morgan fingerprint density at radius 1 is 0.913 bits per heavy atom. The van der Waals surface area contributed by atoms with Crippen molar-refractivity contribution in [3.05, 3.63) is 42.5 Å². The number of rotatable bonds is 9. The van der Waals surface area contributed by atoms with Crippen molar-refractivity contribution in [2.75, 3.05) is 39.4 Å². The molecule has 126 valence electrons. The molecule has 0 radical (unpaired) electrons. The largest absolute Gasteiger partial charge is 0.395 e. The Balaban J connectivity index is 2.02. The number of benzene rings is 2. The third-order valence-electron chi connectivity index (χ3n) is 3.58. The number of nitrogens with one attached hydrogen (secondary N) is 1. The summed E-state index contributed by atoms with van der Waals surface area (Å²) in [5.74, 6) is 0. The maximum Gasteiger partial charge on any atom is 0.240 e. The van der Waals surface area contributed by atoms with Crippen LogP contribution in [0, 0.1) is 0 Å². The summed E-state index contributed by atoms with van der Waals surface area (Å²) >= 11 is 0. The van der Waals surface area contributed by atoms with Gasteiger partial charge in [-0.3, -0.25) is 4.90 Å². The third-order valence-corrected chi connectivity index (χ3v) is 5.04. The van der Waals surface area contributed by atoms with Crippen molar-refractivity contribution in [2.24, 2.45) is 0 Å². The minimum Gasteiger partial charge on any atom is -0.395 e. The van der Waals surface area contributed by atoms with Crippen LogP contribution in [-0.2, 0) is 10.0 Å². The van der Waals surface area contributed by atoms with E-state index < -0.39 is 10.0 Å². The molecule has 0 aliphatic carbocycles. The van der Waals surface area contributed by atoms with Crippen LogP contribution < -0.4 is 4.72 Å². The van der Waals surface area contributed by atoms with Gasteiger partial charge < -0.3 is 10.2 Å². The van der Waals surface area contributed by atoms with Gasteiger partial charge in [0.2, 0.25) is 10.0 Å². The van der Waals surface area contributed by atoms with Gasteiger partial charge in [-0.25, -0.2) is 13.1 Å². The van der Waals surface area contributed by atoms with E-state index in [2.05, 4.69) is 4.72 Å². The average Bonchev–Trinajstić information content (AvgIpc) is 2.54. The molecule has 0 saturated heterocycles. The molecule has 6 nitrogen and oxygen atoms in total. The number of hydrogen-bond acceptors (Lipinski definition) is 5. The van der Waals surface area contributed by atoms with E-state index in [0.29, 0.717) is 19.6 Å². The molecule has 0 aliphatic heterocycles. The van der Waals surface area contributed by atoms with E-state index >= 15 is 0 Å². The van der Waals surface area contributed by atoms with Crippen LogP contribution in [0.15, 0.2) is 47.4 Å². The van der Waals surface area contributed by atoms with Gasteiger partial charge in [0.25, 0.3) is 0 Å². The van der Waals surface area contributed by atoms with Crippen molar-refractivity contribution in [3.8, 4) is 0 Å². The molecule has 0 amide bonds. The molecule has 2 rings (SSSR count). The van der Waals surface area contributed by atoms with Gasteiger partial charge in [0.1, 0.15) is 0 Å². The number of sulfonamides is 1. The Hall–Kier alpha value is -1.51. The summed E-state index contributed by atoms with van der Waals surface area (Å²) in [6.45, 7) is 1.38. The second kappa shape index (κ2) is 8.37. The predicted molar refractivity (Wildman–Crippen MR) is 89.7 cm³/mol. The van der Waals surface area contributed by atoms with Gasteiger partial charge in [-0.15, -0.1) is 0 Å². The zero-order chi connectivity index (χ0) is 16.7. The highest BCUT2D eigenvalue weighted by Crippen LogP contribution is 2.18. The zero-order valence-corrected chi connectivity index (χ0v) is 13.7. The van der Waals surface area contributed by atoms with Crippen LogP contribution in [0.25, 0.3) is 10.8 Å². The summed E-state index contributed by atoms with van der Waals surface area (Å²) in [4.78, 5) is 2.02. The molecular formula is C16H22N2O4S. The van der Waals surface area contributed by atoms with Crippen LogP contribution in [0.3, 0.4) is 0 Å². The maximum absolute atomic E-state index is 12.3. The van der Waals surface area contributed by atoms with Crippen molar-refractivity contribution < 1.29 is 18.6 Å². The number of nitrogens with zero attached hydrogens (tertiary/aromatic N) is 1. The van der Waals surface area contributed by atoms with Gasteiger partial charge in [-0.2, -0.15) is 0 Å². The molecule has 0 fully saturated rings. The van der Waals surface area contributed by atoms with Gasteiger partial charge in [0.15, 0.2) is 0 Å². The zero-order valence-electron chi connectivity index (χ0n) is 12.9. The lowest BCUT2D eigenvalue weighted by Gasteiger charge is -2.20. The van der Waals surface area contributed by atoms with Gasteiger partial charge in [-0.1, -0.05) is 30.3 Å². The molecule has 0 aliphatic rings. The standard InChI is InChI=1S/C16H22N2O4S/c19-11-9-18(10-12-20)8-7-17-23(21,22)16-6-5-14-3-1-2-4-15(14)13-16/h1-6,13,17,19-20H,7-12H2. The fourth-order valence-electron chi connectivity index (χ4n) is 2.37. The van der Waals surface area contributed by atoms with Crippen molar-refractivity contribution in [1.29, 1.82) is 0 Å². The molecule has 2 aromatic rings. The summed E-state index contributed by atoms with van der Waals surface area (Å²) in [6, 6.07) is 12.6. The maximum atomic E-state index is 12.3. The van der Waals surface area contributed by atoms with E-state index in [4.69, 9.17) is 10.2 Å². The Morgan fingerprint density at radius 3 is 2.22 bits per heavy atom. The highest BCUT2D eigenvalue weighted by molar-refractivity contribution is 7.89. The summed E-state index contributed by atoms with van der Waals surface area (Å²) in [6.07, 6.45) is 0. The molecule has 0 spiro atoms. The number of hydrogen-bond donors (Lipinski definition) is 3. The average molecular weight is 338 g/mol. The Bertz CT molecular complexity index is 728. The number of aliphatic hydroxyl groups is 2. The first-order valence-corrected chi connectivity index (χ1v) is 8.97. The fourth-order valence-corrected chi connectivity index (χ4v) is 3.43. The topological polar surface area (TPSA) is 89.9 Å². The summed E-state index contributed by atoms with van der Waals surface area (Å²) < 4.78 is 27.2. The van der Waals surface area contributed by atoms with E-state index in [9.17, 15) is 8.42 Å². The van der Waals surface area contributed by atoms with Crippen molar-refractivity contribution in [3.63, 3.8) is 0 Å². The van der Waals surface area contributed by atoms with Gasteiger partial charge in [0.05, 0.1) is 18.1 Å². The van der Waals surface area contributed by atoms with Crippen LogP contribution in [0.4, 0.5) is 0 Å². The van der Waals surface area contributed by atoms with Crippen molar-refractivity contribution >= 4 is 20.8 Å². The van der Waals surface area contributed by atoms with Crippen molar-refractivity contribution in [1.82, 2.24) is 9.62 Å². The first kappa shape index (κ1) is 17.8. The summed E-state index contributed by atoms with van der Waals surface area (Å²) in [7, 11) is -3.58. The summed E-state index contributed by atoms with van der Waals surface area (Å²) in [5.41, 5.74) is 0. The minimum absolute atomic E-state index is 0.0303. The molecule has 7 heteroatoms. The second-order valence-corrected chi connectivity index (χ2v) is 6.96. The van der Waals surface area contributed by atoms with E-state index in [0.717, 1.165) is 10.8 Å². The molecular weight excluding hydrogens is 316 g/mol. The lowest BCUT2D eigenvalue weighted by atomic mass is 10.1. The van der Waals surface area contributed by atoms with Gasteiger partial charge in [0, 0.05) is 26.2 Å². The Labute approximate surface area is 136 Å². The molecule has 2 aromatic carbocycles. The summed E-state index contributed by atoms with van der Waals surface area (Å²) in [5, 5.41) is 19.7. The molecule has 23 heavy (non-hydrogen) atoms. The van der Waals surface area contributed by atoms with Crippen LogP contribution in [-0.4, -0.2) is 62.9 Å². The molecule has 0 atom stereocenters. The lowest BCUT2D eigenvalue weighted by molar-refractivity contribution is 0.163. The first-order chi connectivity index (χ1) is 11.1. The van der Waals surface area contributed by atoms with Crippen LogP contribution >= 0.6 is 0 Å². The van der Waals surface area contributed by atoms with Crippen LogP contribution in [0.2, 0.25) is 0 Å². The van der Waals surface area contributed by atoms with E-state index in [1.807, 2.05) is 24.3 Å². The van der Waals surface area contributed by atoms with Crippen molar-refractivity contribution in [2.45, 2.75) is 4.90 Å². The highest BCUT2D eigenvalue weighted by atomic mass is 32.2. The van der Waals surface area contributed by atoms with Gasteiger partial charge >= 0.3 is 0 Å². The normalized spacial score (nSPS) is 12.1. The number of fused-ring (bicyclic) bond motifs is 1. The van der Waals surface area contributed by atoms with E-state index in [1.165, 1.54) is 0 Å². The molecule has 3 N–H and O–H groups in total. The van der Waals surface area contributed by atoms with E-state index in [1.54, 1.807) is 23.1 Å². The quantitative estimate of drug-likeness (QED) is 0.616. The Morgan fingerprint density at radius 2 is 1.57 bits per heavy atom. The van der Waals surface area contributed by atoms with Crippen LogP contribution in [0.5, 0.6) is 0 Å². The molecule has 0 heterocycles. The van der Waals surface area contributed by atoms with E-state index in [-0.39, 0.29) is 24.7 Å².